The highest BCUT2D eigenvalue weighted by Gasteiger charge is 2.19. The smallest absolute Gasteiger partial charge is 0.322 e. The maximum absolute atomic E-state index is 12.6. The SMILES string of the molecule is CCCCn1c(=O)[nH]c(=O)c2c1nc(CSc1nc3ccccc3c3nc(C)nn13)n2CC. The minimum Gasteiger partial charge on any atom is -0.322 e. The normalized spacial score (nSPS) is 11.8. The number of nitrogens with one attached hydrogen (secondary N) is 1. The molecule has 0 saturated heterocycles. The van der Waals surface area contributed by atoms with Crippen molar-refractivity contribution in [1.29, 1.82) is 0 Å². The number of rotatable bonds is 7. The van der Waals surface area contributed by atoms with E-state index >= 15 is 0 Å². The first kappa shape index (κ1) is 21.4. The van der Waals surface area contributed by atoms with Crippen LogP contribution < -0.4 is 11.2 Å². The molecule has 5 aromatic rings. The van der Waals surface area contributed by atoms with Crippen molar-refractivity contribution < 1.29 is 0 Å². The molecule has 0 atom stereocenters. The van der Waals surface area contributed by atoms with E-state index in [4.69, 9.17) is 9.97 Å². The van der Waals surface area contributed by atoms with E-state index in [1.165, 1.54) is 11.8 Å². The Labute approximate surface area is 192 Å². The Morgan fingerprint density at radius 3 is 2.64 bits per heavy atom. The van der Waals surface area contributed by atoms with Crippen LogP contribution in [0.5, 0.6) is 0 Å². The van der Waals surface area contributed by atoms with Crippen LogP contribution in [0, 0.1) is 6.92 Å². The topological polar surface area (TPSA) is 116 Å². The molecule has 0 saturated carbocycles. The largest absolute Gasteiger partial charge is 0.330 e. The fourth-order valence-electron chi connectivity index (χ4n) is 4.05. The molecule has 0 aliphatic heterocycles. The summed E-state index contributed by atoms with van der Waals surface area (Å²) in [5.74, 6) is 1.84. The predicted octanol–water partition coefficient (Wildman–Crippen LogP) is 2.90. The third kappa shape index (κ3) is 3.62. The molecule has 0 amide bonds. The molecule has 11 heteroatoms. The van der Waals surface area contributed by atoms with Crippen molar-refractivity contribution in [2.24, 2.45) is 0 Å². The van der Waals surface area contributed by atoms with Gasteiger partial charge in [-0.05, 0) is 32.4 Å². The van der Waals surface area contributed by atoms with Crippen molar-refractivity contribution in [3.05, 3.63) is 56.8 Å². The van der Waals surface area contributed by atoms with Crippen molar-refractivity contribution in [2.75, 3.05) is 0 Å². The lowest BCUT2D eigenvalue weighted by Crippen LogP contribution is -2.31. The molecule has 0 aliphatic carbocycles. The summed E-state index contributed by atoms with van der Waals surface area (Å²) in [5, 5.41) is 6.16. The van der Waals surface area contributed by atoms with Gasteiger partial charge in [0.15, 0.2) is 22.0 Å². The third-order valence-electron chi connectivity index (χ3n) is 5.60. The van der Waals surface area contributed by atoms with Crippen LogP contribution in [0.4, 0.5) is 0 Å². The molecule has 33 heavy (non-hydrogen) atoms. The number of aryl methyl sites for hydroxylation is 3. The van der Waals surface area contributed by atoms with Gasteiger partial charge in [0, 0.05) is 18.5 Å². The van der Waals surface area contributed by atoms with Gasteiger partial charge in [0.25, 0.3) is 5.56 Å². The maximum Gasteiger partial charge on any atom is 0.330 e. The average Bonchev–Trinajstić information content (AvgIpc) is 3.38. The zero-order chi connectivity index (χ0) is 23.1. The van der Waals surface area contributed by atoms with Crippen molar-refractivity contribution >= 4 is 39.5 Å². The van der Waals surface area contributed by atoms with E-state index in [0.29, 0.717) is 46.8 Å². The van der Waals surface area contributed by atoms with E-state index in [1.807, 2.05) is 42.7 Å². The monoisotopic (exact) mass is 464 g/mol. The van der Waals surface area contributed by atoms with Gasteiger partial charge in [0.2, 0.25) is 0 Å². The number of benzene rings is 1. The van der Waals surface area contributed by atoms with Gasteiger partial charge in [-0.1, -0.05) is 37.2 Å². The van der Waals surface area contributed by atoms with Gasteiger partial charge < -0.3 is 4.57 Å². The molecule has 1 N–H and O–H groups in total. The molecule has 1 aromatic carbocycles. The Balaban J connectivity index is 1.60. The van der Waals surface area contributed by atoms with Crippen molar-refractivity contribution in [3.63, 3.8) is 0 Å². The second-order valence-electron chi connectivity index (χ2n) is 7.80. The van der Waals surface area contributed by atoms with Crippen molar-refractivity contribution in [3.8, 4) is 0 Å². The minimum absolute atomic E-state index is 0.411. The number of aromatic amines is 1. The number of para-hydroxylation sites is 1. The van der Waals surface area contributed by atoms with E-state index in [9.17, 15) is 9.59 Å². The predicted molar refractivity (Wildman–Crippen MR) is 128 cm³/mol. The summed E-state index contributed by atoms with van der Waals surface area (Å²) in [7, 11) is 0. The number of unbranched alkanes of at least 4 members (excludes halogenated alkanes) is 1. The van der Waals surface area contributed by atoms with E-state index in [0.717, 1.165) is 29.4 Å². The van der Waals surface area contributed by atoms with E-state index in [-0.39, 0.29) is 0 Å². The number of hydrogen-bond donors (Lipinski definition) is 1. The fraction of sp³-hybridized carbons (Fsp3) is 0.364. The summed E-state index contributed by atoms with van der Waals surface area (Å²) >= 11 is 1.48. The molecule has 170 valence electrons. The molecule has 4 heterocycles. The lowest BCUT2D eigenvalue weighted by molar-refractivity contribution is 0.613. The number of hydrogen-bond acceptors (Lipinski definition) is 7. The van der Waals surface area contributed by atoms with E-state index in [2.05, 4.69) is 22.0 Å². The highest BCUT2D eigenvalue weighted by Crippen LogP contribution is 2.27. The summed E-state index contributed by atoms with van der Waals surface area (Å²) in [6, 6.07) is 7.84. The number of aromatic nitrogens is 8. The van der Waals surface area contributed by atoms with Gasteiger partial charge in [-0.15, -0.1) is 5.10 Å². The molecule has 0 unspecified atom stereocenters. The van der Waals surface area contributed by atoms with Crippen LogP contribution >= 0.6 is 11.8 Å². The highest BCUT2D eigenvalue weighted by molar-refractivity contribution is 7.98. The number of imidazole rings is 1. The molecule has 5 rings (SSSR count). The van der Waals surface area contributed by atoms with Crippen LogP contribution in [0.25, 0.3) is 27.7 Å². The minimum atomic E-state index is -0.420. The van der Waals surface area contributed by atoms with Gasteiger partial charge in [-0.2, -0.15) is 4.52 Å². The quantitative estimate of drug-likeness (QED) is 0.291. The van der Waals surface area contributed by atoms with Crippen LogP contribution in [0.2, 0.25) is 0 Å². The standard InChI is InChI=1S/C22H24N8O2S/c1-4-6-11-29-19-17(20(31)26-21(29)32)28(5-2)16(25-19)12-33-22-24-15-10-8-7-9-14(15)18-23-13(3)27-30(18)22/h7-10H,4-6,11-12H2,1-3H3,(H,26,31,32). The van der Waals surface area contributed by atoms with Crippen LogP contribution in [0.3, 0.4) is 0 Å². The lowest BCUT2D eigenvalue weighted by atomic mass is 10.2. The first-order chi connectivity index (χ1) is 16.0. The Morgan fingerprint density at radius 2 is 1.85 bits per heavy atom. The Kier molecular flexibility index (Phi) is 5.49. The van der Waals surface area contributed by atoms with Gasteiger partial charge >= 0.3 is 5.69 Å². The van der Waals surface area contributed by atoms with Crippen LogP contribution in [0.1, 0.15) is 38.3 Å². The maximum atomic E-state index is 12.6. The molecule has 0 bridgehead atoms. The van der Waals surface area contributed by atoms with Crippen molar-refractivity contribution in [2.45, 2.75) is 57.6 Å². The van der Waals surface area contributed by atoms with Crippen LogP contribution in [0.15, 0.2) is 39.0 Å². The Hall–Kier alpha value is -3.47. The molecule has 0 spiro atoms. The Bertz CT molecular complexity index is 1610. The number of nitrogens with zero attached hydrogens (tertiary/aromatic N) is 7. The molecule has 10 nitrogen and oxygen atoms in total. The molecule has 0 radical (unpaired) electrons. The zero-order valence-corrected chi connectivity index (χ0v) is 19.5. The summed E-state index contributed by atoms with van der Waals surface area (Å²) < 4.78 is 5.19. The third-order valence-corrected chi connectivity index (χ3v) is 6.53. The molecular weight excluding hydrogens is 440 g/mol. The molecule has 4 aromatic heterocycles. The van der Waals surface area contributed by atoms with Crippen LogP contribution in [-0.2, 0) is 18.8 Å². The summed E-state index contributed by atoms with van der Waals surface area (Å²) in [4.78, 5) is 41.6. The van der Waals surface area contributed by atoms with Crippen molar-refractivity contribution in [1.82, 2.24) is 38.7 Å². The van der Waals surface area contributed by atoms with Gasteiger partial charge in [0.05, 0.1) is 11.3 Å². The van der Waals surface area contributed by atoms with E-state index < -0.39 is 11.2 Å². The second kappa shape index (κ2) is 8.47. The lowest BCUT2D eigenvalue weighted by Gasteiger charge is -2.07. The molecule has 0 fully saturated rings. The van der Waals surface area contributed by atoms with Crippen LogP contribution in [-0.4, -0.2) is 38.7 Å². The van der Waals surface area contributed by atoms with Gasteiger partial charge in [-0.3, -0.25) is 14.3 Å². The number of H-pyrrole nitrogens is 1. The summed E-state index contributed by atoms with van der Waals surface area (Å²) in [6.07, 6.45) is 1.76. The number of thioether (sulfide) groups is 1. The Morgan fingerprint density at radius 1 is 1.03 bits per heavy atom. The second-order valence-corrected chi connectivity index (χ2v) is 8.75. The highest BCUT2D eigenvalue weighted by atomic mass is 32.2. The summed E-state index contributed by atoms with van der Waals surface area (Å²) in [6.45, 7) is 6.95. The molecule has 0 aliphatic rings. The van der Waals surface area contributed by atoms with Gasteiger partial charge in [0.1, 0.15) is 11.6 Å². The fourth-order valence-corrected chi connectivity index (χ4v) is 4.94. The molecular formula is C22H24N8O2S. The zero-order valence-electron chi connectivity index (χ0n) is 18.7. The first-order valence-electron chi connectivity index (χ1n) is 11.0. The van der Waals surface area contributed by atoms with Gasteiger partial charge in [-0.25, -0.2) is 19.7 Å². The van der Waals surface area contributed by atoms with E-state index in [1.54, 1.807) is 9.08 Å². The number of fused-ring (bicyclic) bond motifs is 4. The first-order valence-corrected chi connectivity index (χ1v) is 12.0. The average molecular weight is 465 g/mol. The summed E-state index contributed by atoms with van der Waals surface area (Å²) in [5.41, 5.74) is 1.63.